The van der Waals surface area contributed by atoms with E-state index in [1.165, 1.54) is 7.11 Å². The minimum Gasteiger partial charge on any atom is -0.387 e. The van der Waals surface area contributed by atoms with Crippen LogP contribution in [-0.2, 0) is 38.1 Å². The molecule has 1 fully saturated rings. The number of aliphatic hydroxyl groups is 2. The number of rotatable bonds is 6. The summed E-state index contributed by atoms with van der Waals surface area (Å²) in [6, 6.07) is 0. The first kappa shape index (κ1) is 18.7. The molecule has 5 atom stereocenters. The minimum absolute atomic E-state index is 0.567. The number of ether oxygens (including phenoxy) is 2. The van der Waals surface area contributed by atoms with Crippen LogP contribution in [0.3, 0.4) is 0 Å². The predicted octanol–water partition coefficient (Wildman–Crippen LogP) is -2.60. The molecule has 126 valence electrons. The zero-order valence-electron chi connectivity index (χ0n) is 11.6. The third kappa shape index (κ3) is 5.75. The van der Waals surface area contributed by atoms with Gasteiger partial charge in [0, 0.05) is 7.11 Å². The maximum Gasteiger partial charge on any atom is 0.264 e. The molecule has 0 radical (unpaired) electrons. The lowest BCUT2D eigenvalue weighted by Crippen LogP contribution is -2.60. The van der Waals surface area contributed by atoms with Crippen molar-refractivity contribution < 1.29 is 44.9 Å². The van der Waals surface area contributed by atoms with Gasteiger partial charge in [-0.25, -0.2) is 0 Å². The van der Waals surface area contributed by atoms with Crippen molar-refractivity contribution in [3.8, 4) is 0 Å². The summed E-state index contributed by atoms with van der Waals surface area (Å²) >= 11 is 0. The van der Waals surface area contributed by atoms with Gasteiger partial charge in [0.1, 0.15) is 18.3 Å². The molecule has 0 aromatic rings. The largest absolute Gasteiger partial charge is 0.387 e. The Labute approximate surface area is 122 Å². The molecule has 12 heteroatoms. The number of aliphatic hydroxyl groups excluding tert-OH is 2. The molecule has 0 aromatic heterocycles. The molecular formula is C9H18O10S2. The van der Waals surface area contributed by atoms with Crippen LogP contribution in [0.2, 0.25) is 0 Å². The van der Waals surface area contributed by atoms with Crippen molar-refractivity contribution in [3.63, 3.8) is 0 Å². The summed E-state index contributed by atoms with van der Waals surface area (Å²) in [4.78, 5) is 0. The zero-order chi connectivity index (χ0) is 16.4. The van der Waals surface area contributed by atoms with Crippen LogP contribution >= 0.6 is 0 Å². The van der Waals surface area contributed by atoms with Crippen molar-refractivity contribution in [2.75, 3.05) is 26.2 Å². The Morgan fingerprint density at radius 3 is 2.05 bits per heavy atom. The lowest BCUT2D eigenvalue weighted by Gasteiger charge is -2.40. The van der Waals surface area contributed by atoms with Crippen molar-refractivity contribution in [1.29, 1.82) is 0 Å². The SMILES string of the molecule is CO[C@H]1O[C@@H](COS(C)(=O)=O)[C@H](O)[C@@H](O)[C@@H]1OS(C)(=O)=O. The van der Waals surface area contributed by atoms with Crippen LogP contribution in [0, 0.1) is 0 Å². The smallest absolute Gasteiger partial charge is 0.264 e. The molecule has 2 N–H and O–H groups in total. The van der Waals surface area contributed by atoms with E-state index in [0.717, 1.165) is 12.5 Å². The van der Waals surface area contributed by atoms with Crippen LogP contribution in [0.1, 0.15) is 0 Å². The maximum absolute atomic E-state index is 11.1. The van der Waals surface area contributed by atoms with E-state index < -0.39 is 57.5 Å². The predicted molar refractivity (Wildman–Crippen MR) is 68.2 cm³/mol. The van der Waals surface area contributed by atoms with Gasteiger partial charge in [-0.2, -0.15) is 16.8 Å². The van der Waals surface area contributed by atoms with Crippen LogP contribution in [-0.4, -0.2) is 84.0 Å². The Kier molecular flexibility index (Phi) is 6.08. The van der Waals surface area contributed by atoms with Crippen molar-refractivity contribution in [3.05, 3.63) is 0 Å². The van der Waals surface area contributed by atoms with Crippen LogP contribution in [0.5, 0.6) is 0 Å². The van der Waals surface area contributed by atoms with Gasteiger partial charge >= 0.3 is 0 Å². The standard InChI is InChI=1S/C9H18O10S2/c1-16-9-8(19-21(3,14)15)7(11)6(10)5(18-9)4-17-20(2,12)13/h5-11H,4H2,1-3H3/t5-,6-,7+,8-,9-/m0/s1. The van der Waals surface area contributed by atoms with Gasteiger partial charge in [0.15, 0.2) is 12.4 Å². The minimum atomic E-state index is -3.93. The molecule has 0 saturated carbocycles. The summed E-state index contributed by atoms with van der Waals surface area (Å²) in [5.41, 5.74) is 0. The highest BCUT2D eigenvalue weighted by Crippen LogP contribution is 2.25. The van der Waals surface area contributed by atoms with Crippen molar-refractivity contribution in [2.24, 2.45) is 0 Å². The van der Waals surface area contributed by atoms with Crippen LogP contribution in [0.15, 0.2) is 0 Å². The van der Waals surface area contributed by atoms with Crippen molar-refractivity contribution >= 4 is 20.2 Å². The number of hydrogen-bond acceptors (Lipinski definition) is 10. The number of hydrogen-bond donors (Lipinski definition) is 2. The molecule has 0 aromatic carbocycles. The van der Waals surface area contributed by atoms with E-state index in [2.05, 4.69) is 8.37 Å². The molecule has 1 aliphatic heterocycles. The molecule has 0 spiro atoms. The Morgan fingerprint density at radius 2 is 1.62 bits per heavy atom. The van der Waals surface area contributed by atoms with Gasteiger partial charge in [0.25, 0.3) is 20.2 Å². The molecule has 0 unspecified atom stereocenters. The van der Waals surface area contributed by atoms with Gasteiger partial charge in [0.2, 0.25) is 0 Å². The van der Waals surface area contributed by atoms with Gasteiger partial charge in [-0.05, 0) is 0 Å². The third-order valence-corrected chi connectivity index (χ3v) is 3.75. The van der Waals surface area contributed by atoms with E-state index in [9.17, 15) is 27.0 Å². The Hall–Kier alpha value is -0.340. The topological polar surface area (TPSA) is 146 Å². The molecule has 1 rings (SSSR count). The first-order valence-corrected chi connectivity index (χ1v) is 9.35. The summed E-state index contributed by atoms with van der Waals surface area (Å²) in [6.45, 7) is -0.567. The first-order valence-electron chi connectivity index (χ1n) is 5.71. The van der Waals surface area contributed by atoms with E-state index in [4.69, 9.17) is 9.47 Å². The summed E-state index contributed by atoms with van der Waals surface area (Å²) in [5.74, 6) is 0. The lowest BCUT2D eigenvalue weighted by molar-refractivity contribution is -0.286. The van der Waals surface area contributed by atoms with Crippen molar-refractivity contribution in [2.45, 2.75) is 30.7 Å². The highest BCUT2D eigenvalue weighted by molar-refractivity contribution is 7.86. The third-order valence-electron chi connectivity index (χ3n) is 2.61. The van der Waals surface area contributed by atoms with E-state index in [1.54, 1.807) is 0 Å². The van der Waals surface area contributed by atoms with Gasteiger partial charge in [-0.1, -0.05) is 0 Å². The van der Waals surface area contributed by atoms with E-state index in [0.29, 0.717) is 0 Å². The molecule has 1 heterocycles. The Morgan fingerprint density at radius 1 is 1.05 bits per heavy atom. The van der Waals surface area contributed by atoms with Gasteiger partial charge < -0.3 is 19.7 Å². The molecule has 1 saturated heterocycles. The van der Waals surface area contributed by atoms with Crippen molar-refractivity contribution in [1.82, 2.24) is 0 Å². The molecule has 10 nitrogen and oxygen atoms in total. The van der Waals surface area contributed by atoms with E-state index in [1.807, 2.05) is 0 Å². The number of methoxy groups -OCH3 is 1. The zero-order valence-corrected chi connectivity index (χ0v) is 13.2. The monoisotopic (exact) mass is 350 g/mol. The first-order chi connectivity index (χ1) is 9.44. The summed E-state index contributed by atoms with van der Waals surface area (Å²) in [6.07, 6.45) is -5.78. The Balaban J connectivity index is 2.84. The van der Waals surface area contributed by atoms with Gasteiger partial charge in [0.05, 0.1) is 19.1 Å². The van der Waals surface area contributed by atoms with Gasteiger partial charge in [-0.3, -0.25) is 8.37 Å². The second kappa shape index (κ2) is 6.83. The van der Waals surface area contributed by atoms with Gasteiger partial charge in [-0.15, -0.1) is 0 Å². The molecule has 0 bridgehead atoms. The summed E-state index contributed by atoms with van der Waals surface area (Å²) in [7, 11) is -6.54. The Bertz CT molecular complexity index is 537. The van der Waals surface area contributed by atoms with E-state index in [-0.39, 0.29) is 0 Å². The second-order valence-corrected chi connectivity index (χ2v) is 7.76. The van der Waals surface area contributed by atoms with Crippen LogP contribution in [0.4, 0.5) is 0 Å². The quantitative estimate of drug-likeness (QED) is 0.489. The molecular weight excluding hydrogens is 332 g/mol. The lowest BCUT2D eigenvalue weighted by atomic mass is 9.99. The normalized spacial score (nSPS) is 34.8. The molecule has 0 amide bonds. The average molecular weight is 350 g/mol. The fraction of sp³-hybridized carbons (Fsp3) is 1.00. The highest BCUT2D eigenvalue weighted by Gasteiger charge is 2.47. The molecule has 0 aliphatic carbocycles. The fourth-order valence-corrected chi connectivity index (χ4v) is 2.72. The van der Waals surface area contributed by atoms with E-state index >= 15 is 0 Å². The second-order valence-electron chi connectivity index (χ2n) is 4.51. The fourth-order valence-electron chi connectivity index (χ4n) is 1.73. The van der Waals surface area contributed by atoms with Crippen LogP contribution < -0.4 is 0 Å². The molecule has 21 heavy (non-hydrogen) atoms. The highest BCUT2D eigenvalue weighted by atomic mass is 32.2. The summed E-state index contributed by atoms with van der Waals surface area (Å²) in [5, 5.41) is 19.7. The molecule has 1 aliphatic rings. The average Bonchev–Trinajstić information content (AvgIpc) is 2.31. The maximum atomic E-state index is 11.1. The van der Waals surface area contributed by atoms with Crippen LogP contribution in [0.25, 0.3) is 0 Å². The summed E-state index contributed by atoms with van der Waals surface area (Å²) < 4.78 is 63.2.